The first kappa shape index (κ1) is 18.8. The Bertz CT molecular complexity index is 761. The van der Waals surface area contributed by atoms with Crippen LogP contribution in [0.1, 0.15) is 39.0 Å². The molecule has 8 heteroatoms. The molecule has 0 spiro atoms. The number of amides is 1. The SMILES string of the molecule is CCc1ccccc1-n1ncc(NC(=O)OC(C)(C)C)c1C(F)(F)F. The smallest absolute Gasteiger partial charge is 0.435 e. The van der Waals surface area contributed by atoms with E-state index in [0.29, 0.717) is 17.7 Å². The van der Waals surface area contributed by atoms with Crippen molar-refractivity contribution in [2.75, 3.05) is 5.32 Å². The van der Waals surface area contributed by atoms with Crippen LogP contribution in [0.15, 0.2) is 30.5 Å². The number of carbonyl (C=O) groups excluding carboxylic acids is 1. The first-order valence-corrected chi connectivity index (χ1v) is 7.76. The molecule has 0 aliphatic carbocycles. The molecule has 2 aromatic rings. The van der Waals surface area contributed by atoms with E-state index in [1.807, 2.05) is 6.92 Å². The van der Waals surface area contributed by atoms with E-state index in [0.717, 1.165) is 10.9 Å². The van der Waals surface area contributed by atoms with Gasteiger partial charge >= 0.3 is 12.3 Å². The van der Waals surface area contributed by atoms with Crippen LogP contribution in [0.25, 0.3) is 5.69 Å². The number of benzene rings is 1. The van der Waals surface area contributed by atoms with Gasteiger partial charge in [0.05, 0.1) is 17.6 Å². The number of aromatic nitrogens is 2. The average molecular weight is 355 g/mol. The molecule has 1 heterocycles. The molecule has 0 bridgehead atoms. The number of hydrogen-bond acceptors (Lipinski definition) is 3. The van der Waals surface area contributed by atoms with Gasteiger partial charge in [0.25, 0.3) is 0 Å². The second kappa shape index (κ2) is 6.78. The number of nitrogens with zero attached hydrogens (tertiary/aromatic N) is 2. The van der Waals surface area contributed by atoms with Gasteiger partial charge in [-0.1, -0.05) is 25.1 Å². The lowest BCUT2D eigenvalue weighted by Crippen LogP contribution is -2.28. The summed E-state index contributed by atoms with van der Waals surface area (Å²) in [6.45, 7) is 6.71. The van der Waals surface area contributed by atoms with E-state index in [1.165, 1.54) is 0 Å². The lowest BCUT2D eigenvalue weighted by Gasteiger charge is -2.20. The van der Waals surface area contributed by atoms with E-state index >= 15 is 0 Å². The van der Waals surface area contributed by atoms with Crippen LogP contribution in [-0.4, -0.2) is 21.5 Å². The van der Waals surface area contributed by atoms with Crippen LogP contribution in [0, 0.1) is 0 Å². The van der Waals surface area contributed by atoms with Gasteiger partial charge in [-0.3, -0.25) is 5.32 Å². The van der Waals surface area contributed by atoms with Gasteiger partial charge in [0, 0.05) is 0 Å². The summed E-state index contributed by atoms with van der Waals surface area (Å²) in [5.41, 5.74) is -1.31. The predicted molar refractivity (Wildman–Crippen MR) is 87.8 cm³/mol. The van der Waals surface area contributed by atoms with E-state index in [-0.39, 0.29) is 0 Å². The van der Waals surface area contributed by atoms with E-state index in [9.17, 15) is 18.0 Å². The second-order valence-electron chi connectivity index (χ2n) is 6.43. The molecule has 5 nitrogen and oxygen atoms in total. The van der Waals surface area contributed by atoms with Crippen molar-refractivity contribution in [3.8, 4) is 5.69 Å². The van der Waals surface area contributed by atoms with Crippen molar-refractivity contribution in [2.45, 2.75) is 45.9 Å². The van der Waals surface area contributed by atoms with Crippen molar-refractivity contribution in [2.24, 2.45) is 0 Å². The summed E-state index contributed by atoms with van der Waals surface area (Å²) in [4.78, 5) is 11.8. The van der Waals surface area contributed by atoms with Crippen LogP contribution >= 0.6 is 0 Å². The normalized spacial score (nSPS) is 12.1. The quantitative estimate of drug-likeness (QED) is 0.860. The number of hydrogen-bond donors (Lipinski definition) is 1. The summed E-state index contributed by atoms with van der Waals surface area (Å²) in [5, 5.41) is 5.97. The second-order valence-corrected chi connectivity index (χ2v) is 6.43. The Morgan fingerprint density at radius 1 is 1.24 bits per heavy atom. The number of nitrogens with one attached hydrogen (secondary N) is 1. The molecule has 0 unspecified atom stereocenters. The Morgan fingerprint density at radius 2 is 1.88 bits per heavy atom. The van der Waals surface area contributed by atoms with E-state index in [2.05, 4.69) is 10.4 Å². The van der Waals surface area contributed by atoms with Crippen LogP contribution in [0.4, 0.5) is 23.7 Å². The average Bonchev–Trinajstić information content (AvgIpc) is 2.88. The Balaban J connectivity index is 2.47. The number of alkyl halides is 3. The maximum atomic E-state index is 13.6. The topological polar surface area (TPSA) is 56.2 Å². The lowest BCUT2D eigenvalue weighted by atomic mass is 10.1. The van der Waals surface area contributed by atoms with Crippen molar-refractivity contribution in [3.63, 3.8) is 0 Å². The molecule has 1 aromatic carbocycles. The Morgan fingerprint density at radius 3 is 2.44 bits per heavy atom. The predicted octanol–water partition coefficient (Wildman–Crippen LogP) is 4.80. The minimum Gasteiger partial charge on any atom is -0.444 e. The molecule has 0 radical (unpaired) electrons. The van der Waals surface area contributed by atoms with Gasteiger partial charge in [-0.25, -0.2) is 9.48 Å². The fourth-order valence-electron chi connectivity index (χ4n) is 2.33. The largest absolute Gasteiger partial charge is 0.444 e. The van der Waals surface area contributed by atoms with Gasteiger partial charge in [0.15, 0.2) is 5.69 Å². The highest BCUT2D eigenvalue weighted by Crippen LogP contribution is 2.37. The number of rotatable bonds is 3. The molecule has 1 N–H and O–H groups in total. The highest BCUT2D eigenvalue weighted by molar-refractivity contribution is 5.85. The van der Waals surface area contributed by atoms with E-state index in [4.69, 9.17) is 4.74 Å². The Labute approximate surface area is 143 Å². The van der Waals surface area contributed by atoms with Crippen LogP contribution < -0.4 is 5.32 Å². The molecule has 1 aromatic heterocycles. The number of aryl methyl sites for hydroxylation is 1. The van der Waals surface area contributed by atoms with Crippen molar-refractivity contribution < 1.29 is 22.7 Å². The third-order valence-corrected chi connectivity index (χ3v) is 3.27. The Hall–Kier alpha value is -2.51. The van der Waals surface area contributed by atoms with Gasteiger partial charge in [-0.05, 0) is 38.8 Å². The molecule has 25 heavy (non-hydrogen) atoms. The standard InChI is InChI=1S/C17H20F3N3O2/c1-5-11-8-6-7-9-13(11)23-14(17(18,19)20)12(10-21-23)22-15(24)25-16(2,3)4/h6-10H,5H2,1-4H3,(H,22,24). The van der Waals surface area contributed by atoms with Crippen molar-refractivity contribution in [1.29, 1.82) is 0 Å². The Kier molecular flexibility index (Phi) is 5.10. The van der Waals surface area contributed by atoms with Crippen LogP contribution in [-0.2, 0) is 17.3 Å². The number of carbonyl (C=O) groups is 1. The summed E-state index contributed by atoms with van der Waals surface area (Å²) in [6, 6.07) is 6.67. The van der Waals surface area contributed by atoms with Gasteiger partial charge in [0.1, 0.15) is 5.60 Å². The molecule has 0 aliphatic heterocycles. The third kappa shape index (κ3) is 4.52. The minimum atomic E-state index is -4.71. The maximum Gasteiger partial charge on any atom is 0.435 e. The summed E-state index contributed by atoms with van der Waals surface area (Å²) >= 11 is 0. The summed E-state index contributed by atoms with van der Waals surface area (Å²) < 4.78 is 46.6. The number of para-hydroxylation sites is 1. The van der Waals surface area contributed by atoms with Crippen LogP contribution in [0.3, 0.4) is 0 Å². The van der Waals surface area contributed by atoms with Crippen LogP contribution in [0.5, 0.6) is 0 Å². The summed E-state index contributed by atoms with van der Waals surface area (Å²) in [7, 11) is 0. The molecule has 2 rings (SSSR count). The van der Waals surface area contributed by atoms with Gasteiger partial charge in [0.2, 0.25) is 0 Å². The lowest BCUT2D eigenvalue weighted by molar-refractivity contribution is -0.142. The molecule has 1 amide bonds. The summed E-state index contributed by atoms with van der Waals surface area (Å²) in [6.07, 6.45) is -4.16. The molecule has 0 saturated heterocycles. The third-order valence-electron chi connectivity index (χ3n) is 3.27. The molecular formula is C17H20F3N3O2. The van der Waals surface area contributed by atoms with Gasteiger partial charge < -0.3 is 4.74 Å². The number of ether oxygens (including phenoxy) is 1. The molecule has 0 atom stereocenters. The number of halogens is 3. The molecule has 136 valence electrons. The molecule has 0 aliphatic rings. The van der Waals surface area contributed by atoms with E-state index in [1.54, 1.807) is 45.0 Å². The minimum absolute atomic E-state index is 0.314. The first-order valence-electron chi connectivity index (χ1n) is 7.76. The fraction of sp³-hybridized carbons (Fsp3) is 0.412. The zero-order chi connectivity index (χ0) is 18.8. The van der Waals surface area contributed by atoms with Crippen molar-refractivity contribution in [3.05, 3.63) is 41.7 Å². The van der Waals surface area contributed by atoms with Crippen molar-refractivity contribution in [1.82, 2.24) is 9.78 Å². The summed E-state index contributed by atoms with van der Waals surface area (Å²) in [5.74, 6) is 0. The van der Waals surface area contributed by atoms with Gasteiger partial charge in [-0.15, -0.1) is 0 Å². The molecular weight excluding hydrogens is 335 g/mol. The van der Waals surface area contributed by atoms with E-state index < -0.39 is 29.3 Å². The zero-order valence-electron chi connectivity index (χ0n) is 14.4. The van der Waals surface area contributed by atoms with Crippen LogP contribution in [0.2, 0.25) is 0 Å². The maximum absolute atomic E-state index is 13.6. The molecule has 0 fully saturated rings. The zero-order valence-corrected chi connectivity index (χ0v) is 14.4. The van der Waals surface area contributed by atoms with Crippen molar-refractivity contribution >= 4 is 11.8 Å². The number of anilines is 1. The highest BCUT2D eigenvalue weighted by Gasteiger charge is 2.40. The first-order chi connectivity index (χ1) is 11.5. The van der Waals surface area contributed by atoms with Gasteiger partial charge in [-0.2, -0.15) is 18.3 Å². The fourth-order valence-corrected chi connectivity index (χ4v) is 2.33. The highest BCUT2D eigenvalue weighted by atomic mass is 19.4. The monoisotopic (exact) mass is 355 g/mol. The molecule has 0 saturated carbocycles.